The van der Waals surface area contributed by atoms with Gasteiger partial charge in [0.15, 0.2) is 0 Å². The Hall–Kier alpha value is -1.35. The summed E-state index contributed by atoms with van der Waals surface area (Å²) < 4.78 is 0. The molecule has 3 nitrogen and oxygen atoms in total. The molecule has 2 unspecified atom stereocenters. The molecule has 0 bridgehead atoms. The van der Waals surface area contributed by atoms with E-state index in [9.17, 15) is 4.79 Å². The Kier molecular flexibility index (Phi) is 3.79. The van der Waals surface area contributed by atoms with Crippen molar-refractivity contribution in [1.82, 2.24) is 10.2 Å². The van der Waals surface area contributed by atoms with E-state index in [1.54, 1.807) is 0 Å². The Bertz CT molecular complexity index is 502. The summed E-state index contributed by atoms with van der Waals surface area (Å²) in [5.74, 6) is 0.207. The Balaban J connectivity index is 1.86. The smallest absolute Gasteiger partial charge is 0.254 e. The van der Waals surface area contributed by atoms with Crippen LogP contribution >= 0.6 is 0 Å². The van der Waals surface area contributed by atoms with Gasteiger partial charge in [0.25, 0.3) is 5.91 Å². The van der Waals surface area contributed by atoms with Crippen molar-refractivity contribution in [1.29, 1.82) is 0 Å². The van der Waals surface area contributed by atoms with Gasteiger partial charge < -0.3 is 10.2 Å². The van der Waals surface area contributed by atoms with Gasteiger partial charge in [0.2, 0.25) is 0 Å². The average Bonchev–Trinajstić information content (AvgIpc) is 2.46. The largest absolute Gasteiger partial charge is 0.333 e. The highest BCUT2D eigenvalue weighted by Crippen LogP contribution is 2.25. The minimum atomic E-state index is 0.207. The fraction of sp³-hybridized carbons (Fsp3) is 0.588. The minimum Gasteiger partial charge on any atom is -0.333 e. The van der Waals surface area contributed by atoms with Gasteiger partial charge in [0.1, 0.15) is 0 Å². The van der Waals surface area contributed by atoms with Crippen LogP contribution in [0, 0.1) is 0 Å². The monoisotopic (exact) mass is 272 g/mol. The van der Waals surface area contributed by atoms with E-state index in [0.717, 1.165) is 37.9 Å². The van der Waals surface area contributed by atoms with Gasteiger partial charge >= 0.3 is 0 Å². The van der Waals surface area contributed by atoms with Crippen LogP contribution in [0.15, 0.2) is 18.2 Å². The van der Waals surface area contributed by atoms with Gasteiger partial charge in [0, 0.05) is 24.2 Å². The molecule has 1 saturated heterocycles. The summed E-state index contributed by atoms with van der Waals surface area (Å²) in [6.07, 6.45) is 4.56. The molecule has 1 fully saturated rings. The van der Waals surface area contributed by atoms with E-state index in [0.29, 0.717) is 12.1 Å². The van der Waals surface area contributed by atoms with Gasteiger partial charge in [-0.25, -0.2) is 0 Å². The molecule has 20 heavy (non-hydrogen) atoms. The first-order valence-electron chi connectivity index (χ1n) is 7.82. The van der Waals surface area contributed by atoms with E-state index in [1.807, 2.05) is 6.07 Å². The van der Waals surface area contributed by atoms with Crippen LogP contribution in [0.25, 0.3) is 0 Å². The number of hydrogen-bond acceptors (Lipinski definition) is 2. The van der Waals surface area contributed by atoms with E-state index in [-0.39, 0.29) is 5.91 Å². The zero-order valence-corrected chi connectivity index (χ0v) is 12.5. The van der Waals surface area contributed by atoms with Crippen LogP contribution in [0.1, 0.15) is 54.6 Å². The molecule has 3 rings (SSSR count). The lowest BCUT2D eigenvalue weighted by molar-refractivity contribution is 0.0510. The van der Waals surface area contributed by atoms with Crippen molar-refractivity contribution in [2.75, 3.05) is 6.54 Å². The van der Waals surface area contributed by atoms with Crippen molar-refractivity contribution in [3.8, 4) is 0 Å². The van der Waals surface area contributed by atoms with E-state index in [4.69, 9.17) is 0 Å². The number of piperidine rings is 1. The number of rotatable bonds is 1. The predicted molar refractivity (Wildman–Crippen MR) is 80.8 cm³/mol. The molecule has 2 aliphatic heterocycles. The van der Waals surface area contributed by atoms with Crippen LogP contribution < -0.4 is 5.32 Å². The first kappa shape index (κ1) is 13.6. The summed E-state index contributed by atoms with van der Waals surface area (Å²) in [6, 6.07) is 6.97. The highest BCUT2D eigenvalue weighted by Gasteiger charge is 2.29. The number of amides is 1. The van der Waals surface area contributed by atoms with Crippen LogP contribution in [0.5, 0.6) is 0 Å². The molecular weight excluding hydrogens is 248 g/mol. The third-order valence-corrected chi connectivity index (χ3v) is 4.77. The molecule has 0 radical (unpaired) electrons. The first-order valence-corrected chi connectivity index (χ1v) is 7.82. The number of benzene rings is 1. The molecule has 108 valence electrons. The summed E-state index contributed by atoms with van der Waals surface area (Å²) in [5, 5.41) is 3.38. The summed E-state index contributed by atoms with van der Waals surface area (Å²) in [7, 11) is 0. The van der Waals surface area contributed by atoms with Crippen molar-refractivity contribution in [2.45, 2.75) is 58.2 Å². The fourth-order valence-electron chi connectivity index (χ4n) is 3.58. The van der Waals surface area contributed by atoms with Gasteiger partial charge in [-0.1, -0.05) is 6.07 Å². The lowest BCUT2D eigenvalue weighted by Crippen LogP contribution is -2.47. The molecule has 2 aliphatic rings. The maximum Gasteiger partial charge on any atom is 0.254 e. The number of carbonyl (C=O) groups excluding carboxylic acids is 1. The highest BCUT2D eigenvalue weighted by molar-refractivity contribution is 5.95. The molecule has 0 saturated carbocycles. The number of hydrogen-bond donors (Lipinski definition) is 1. The average molecular weight is 272 g/mol. The van der Waals surface area contributed by atoms with Crippen LogP contribution in [-0.4, -0.2) is 29.4 Å². The van der Waals surface area contributed by atoms with Gasteiger partial charge in [-0.2, -0.15) is 0 Å². The molecule has 0 aromatic heterocycles. The van der Waals surface area contributed by atoms with Crippen molar-refractivity contribution < 1.29 is 4.79 Å². The van der Waals surface area contributed by atoms with E-state index in [1.165, 1.54) is 17.5 Å². The van der Waals surface area contributed by atoms with E-state index < -0.39 is 0 Å². The summed E-state index contributed by atoms with van der Waals surface area (Å²) in [4.78, 5) is 14.9. The molecule has 0 spiro atoms. The van der Waals surface area contributed by atoms with E-state index in [2.05, 4.69) is 36.2 Å². The summed E-state index contributed by atoms with van der Waals surface area (Å²) in [6.45, 7) is 6.28. The molecule has 2 atom stereocenters. The summed E-state index contributed by atoms with van der Waals surface area (Å²) >= 11 is 0. The van der Waals surface area contributed by atoms with Crippen molar-refractivity contribution in [3.05, 3.63) is 34.9 Å². The van der Waals surface area contributed by atoms with Crippen LogP contribution in [0.2, 0.25) is 0 Å². The van der Waals surface area contributed by atoms with Crippen molar-refractivity contribution >= 4 is 5.91 Å². The third kappa shape index (κ3) is 2.47. The molecule has 1 aromatic rings. The maximum atomic E-state index is 12.8. The molecular formula is C17H24N2O. The lowest BCUT2D eigenvalue weighted by atomic mass is 9.94. The Labute approximate surface area is 121 Å². The Morgan fingerprint density at radius 2 is 1.95 bits per heavy atom. The normalized spacial score (nSPS) is 26.2. The summed E-state index contributed by atoms with van der Waals surface area (Å²) in [5.41, 5.74) is 3.53. The molecule has 1 amide bonds. The topological polar surface area (TPSA) is 32.3 Å². The number of carbonyl (C=O) groups is 1. The number of nitrogens with zero attached hydrogens (tertiary/aromatic N) is 1. The first-order chi connectivity index (χ1) is 9.66. The second-order valence-electron chi connectivity index (χ2n) is 6.25. The second kappa shape index (κ2) is 5.57. The van der Waals surface area contributed by atoms with Crippen LogP contribution in [0.3, 0.4) is 0 Å². The number of nitrogens with one attached hydrogen (secondary N) is 1. The lowest BCUT2D eigenvalue weighted by Gasteiger charge is -2.39. The number of likely N-dealkylation sites (tertiary alicyclic amines) is 1. The second-order valence-corrected chi connectivity index (χ2v) is 6.25. The third-order valence-electron chi connectivity index (χ3n) is 4.77. The van der Waals surface area contributed by atoms with Gasteiger partial charge in [0.05, 0.1) is 0 Å². The van der Waals surface area contributed by atoms with Crippen molar-refractivity contribution in [3.63, 3.8) is 0 Å². The van der Waals surface area contributed by atoms with Gasteiger partial charge in [-0.3, -0.25) is 4.79 Å². The highest BCUT2D eigenvalue weighted by atomic mass is 16.2. The molecule has 1 aromatic carbocycles. The van der Waals surface area contributed by atoms with Gasteiger partial charge in [-0.05, 0) is 69.3 Å². The predicted octanol–water partition coefficient (Wildman–Crippen LogP) is 2.74. The molecule has 0 aliphatic carbocycles. The SMILES string of the molecule is CC1CCCC(C)N1C(=O)c1ccc2c(c1)CNCC2. The van der Waals surface area contributed by atoms with Crippen LogP contribution in [0.4, 0.5) is 0 Å². The quantitative estimate of drug-likeness (QED) is 0.852. The standard InChI is InChI=1S/C17H24N2O/c1-12-4-3-5-13(2)19(12)17(20)15-7-6-14-8-9-18-11-16(14)10-15/h6-7,10,12-13,18H,3-5,8-9,11H2,1-2H3. The van der Waals surface area contributed by atoms with Crippen molar-refractivity contribution in [2.24, 2.45) is 0 Å². The van der Waals surface area contributed by atoms with E-state index >= 15 is 0 Å². The zero-order chi connectivity index (χ0) is 14.1. The molecule has 2 heterocycles. The number of fused-ring (bicyclic) bond motifs is 1. The maximum absolute atomic E-state index is 12.8. The van der Waals surface area contributed by atoms with Crippen LogP contribution in [-0.2, 0) is 13.0 Å². The Morgan fingerprint density at radius 1 is 1.20 bits per heavy atom. The molecule has 3 heteroatoms. The minimum absolute atomic E-state index is 0.207. The zero-order valence-electron chi connectivity index (χ0n) is 12.5. The molecule has 1 N–H and O–H groups in total. The fourth-order valence-corrected chi connectivity index (χ4v) is 3.58. The van der Waals surface area contributed by atoms with Gasteiger partial charge in [-0.15, -0.1) is 0 Å². The Morgan fingerprint density at radius 3 is 2.70 bits per heavy atom.